The molecule has 0 fully saturated rings. The van der Waals surface area contributed by atoms with Gasteiger partial charge in [-0.2, -0.15) is 26.3 Å². The second-order valence-electron chi connectivity index (χ2n) is 11.5. The van der Waals surface area contributed by atoms with Gasteiger partial charge in [0.05, 0.1) is 9.81 Å². The summed E-state index contributed by atoms with van der Waals surface area (Å²) >= 11 is 0. The van der Waals surface area contributed by atoms with Gasteiger partial charge in [-0.15, -0.1) is 0 Å². The van der Waals surface area contributed by atoms with Crippen LogP contribution in [0.2, 0.25) is 0 Å². The fourth-order valence-corrected chi connectivity index (χ4v) is 10.1. The van der Waals surface area contributed by atoms with Crippen LogP contribution in [-0.2, 0) is 25.1 Å². The summed E-state index contributed by atoms with van der Waals surface area (Å²) in [4.78, 5) is -2.11. The van der Waals surface area contributed by atoms with E-state index in [0.29, 0.717) is 0 Å². The summed E-state index contributed by atoms with van der Waals surface area (Å²) in [7, 11) is -9.35. The van der Waals surface area contributed by atoms with E-state index in [0.717, 1.165) is 36.4 Å². The third kappa shape index (κ3) is 2.96. The quantitative estimate of drug-likeness (QED) is 0.200. The highest BCUT2D eigenvalue weighted by Gasteiger charge is 2.82. The minimum atomic E-state index is -5.97. The Morgan fingerprint density at radius 1 is 0.565 bits per heavy atom. The number of rotatable bonds is 2. The van der Waals surface area contributed by atoms with Gasteiger partial charge in [0.2, 0.25) is 19.7 Å². The van der Waals surface area contributed by atoms with Gasteiger partial charge in [-0.05, 0) is 50.3 Å². The second kappa shape index (κ2) is 8.34. The Hall–Kier alpha value is -4.30. The van der Waals surface area contributed by atoms with Crippen molar-refractivity contribution in [1.82, 2.24) is 0 Å². The van der Waals surface area contributed by atoms with Crippen LogP contribution in [0.3, 0.4) is 0 Å². The van der Waals surface area contributed by atoms with Crippen molar-refractivity contribution in [2.24, 2.45) is 0 Å². The molecular formula is C32H18F6O6S2. The number of alkyl halides is 6. The van der Waals surface area contributed by atoms with E-state index in [2.05, 4.69) is 0 Å². The molecule has 2 aromatic carbocycles. The topological polar surface area (TPSA) is 94.6 Å². The fraction of sp³-hybridized carbons (Fsp3) is 0.188. The van der Waals surface area contributed by atoms with Crippen LogP contribution in [0.1, 0.15) is 36.5 Å². The van der Waals surface area contributed by atoms with E-state index in [4.69, 9.17) is 8.83 Å². The Kier molecular flexibility index (Phi) is 5.28. The minimum Gasteiger partial charge on any atom is -0.459 e. The SMILES string of the molecule is CC1=CC=C(C2(C3=CC=C(C)S3(=O)=O)c3oc4ccccc4c3C3=C(c4c2oc2ccccc42)C(F)(F)C(F)(F)C3(F)F)S1(=O)=O. The van der Waals surface area contributed by atoms with E-state index in [1.54, 1.807) is 0 Å². The van der Waals surface area contributed by atoms with Gasteiger partial charge in [-0.3, -0.25) is 0 Å². The molecule has 0 atom stereocenters. The molecular weight excluding hydrogens is 658 g/mol. The van der Waals surface area contributed by atoms with Crippen LogP contribution in [0.5, 0.6) is 0 Å². The maximum atomic E-state index is 16.2. The maximum absolute atomic E-state index is 16.2. The number of hydrogen-bond donors (Lipinski definition) is 0. The number of halogens is 6. The van der Waals surface area contributed by atoms with Crippen LogP contribution in [0.25, 0.3) is 33.1 Å². The van der Waals surface area contributed by atoms with Crippen molar-refractivity contribution < 1.29 is 52.0 Å². The van der Waals surface area contributed by atoms with E-state index in [1.165, 1.54) is 50.2 Å². The largest absolute Gasteiger partial charge is 0.459 e. The Labute approximate surface area is 256 Å². The molecule has 2 aromatic heterocycles. The van der Waals surface area contributed by atoms with Gasteiger partial charge in [0.1, 0.15) is 22.7 Å². The Bertz CT molecular complexity index is 2330. The summed E-state index contributed by atoms with van der Waals surface area (Å²) in [5, 5.41) is -0.697. The Morgan fingerprint density at radius 3 is 1.28 bits per heavy atom. The minimum absolute atomic E-state index is 0.279. The normalized spacial score (nSPS) is 24.2. The highest BCUT2D eigenvalue weighted by atomic mass is 32.2. The molecule has 14 heteroatoms. The number of allylic oxidation sites excluding steroid dienone is 10. The molecule has 2 aliphatic carbocycles. The molecule has 4 aliphatic rings. The van der Waals surface area contributed by atoms with Crippen molar-refractivity contribution in [3.05, 3.63) is 115 Å². The van der Waals surface area contributed by atoms with E-state index >= 15 is 26.3 Å². The van der Waals surface area contributed by atoms with Crippen LogP contribution >= 0.6 is 0 Å². The van der Waals surface area contributed by atoms with Crippen molar-refractivity contribution >= 4 is 52.8 Å². The molecule has 0 saturated carbocycles. The van der Waals surface area contributed by atoms with Gasteiger partial charge in [0.15, 0.2) is 5.41 Å². The summed E-state index contributed by atoms with van der Waals surface area (Å²) in [6, 6.07) is 10.2. The lowest BCUT2D eigenvalue weighted by atomic mass is 9.76. The van der Waals surface area contributed by atoms with Crippen LogP contribution in [-0.4, -0.2) is 34.6 Å². The summed E-state index contributed by atoms with van der Waals surface area (Å²) in [5.41, 5.74) is -9.04. The zero-order chi connectivity index (χ0) is 33.0. The Balaban J connectivity index is 1.72. The summed E-state index contributed by atoms with van der Waals surface area (Å²) < 4.78 is 164. The fourth-order valence-electron chi connectivity index (χ4n) is 6.92. The summed E-state index contributed by atoms with van der Waals surface area (Å²) in [5.74, 6) is -18.9. The van der Waals surface area contributed by atoms with Gasteiger partial charge in [-0.1, -0.05) is 36.4 Å². The second-order valence-corrected chi connectivity index (χ2v) is 15.6. The standard InChI is InChI=1S/C32H18F6O6S2/c1-15-11-13-21(45(15,39)40)29(22-14-12-16(2)46(22,41)42)27-23(17-7-3-5-9-19(17)43-27)25-26(31(35,36)32(37,38)30(25,33)34)24-18-8-4-6-10-20(18)44-28(24)29/h3-14H,1-2H3. The molecule has 4 heterocycles. The first-order valence-corrected chi connectivity index (χ1v) is 16.6. The molecule has 8 rings (SSSR count). The predicted molar refractivity (Wildman–Crippen MR) is 156 cm³/mol. The van der Waals surface area contributed by atoms with Gasteiger partial charge in [-0.25, -0.2) is 16.8 Å². The van der Waals surface area contributed by atoms with Crippen LogP contribution in [0.4, 0.5) is 26.3 Å². The molecule has 236 valence electrons. The van der Waals surface area contributed by atoms with Gasteiger partial charge in [0, 0.05) is 42.9 Å². The number of hydrogen-bond acceptors (Lipinski definition) is 6. The summed E-state index contributed by atoms with van der Waals surface area (Å²) in [6.45, 7) is 2.40. The number of benzene rings is 2. The highest BCUT2D eigenvalue weighted by molar-refractivity contribution is 8.00. The first-order chi connectivity index (χ1) is 21.4. The number of furan rings is 2. The molecule has 6 nitrogen and oxygen atoms in total. The van der Waals surface area contributed by atoms with Gasteiger partial charge < -0.3 is 8.83 Å². The lowest BCUT2D eigenvalue weighted by Gasteiger charge is -2.34. The lowest BCUT2D eigenvalue weighted by Crippen LogP contribution is -2.49. The van der Waals surface area contributed by atoms with Crippen molar-refractivity contribution in [3.8, 4) is 0 Å². The average molecular weight is 677 g/mol. The van der Waals surface area contributed by atoms with Crippen LogP contribution < -0.4 is 0 Å². The third-order valence-electron chi connectivity index (χ3n) is 9.14. The molecule has 2 aliphatic heterocycles. The first-order valence-electron chi connectivity index (χ1n) is 13.7. The molecule has 0 bridgehead atoms. The number of sulfone groups is 2. The molecule has 46 heavy (non-hydrogen) atoms. The average Bonchev–Trinajstić information content (AvgIpc) is 3.71. The molecule has 0 saturated heterocycles. The van der Waals surface area contributed by atoms with Crippen molar-refractivity contribution in [2.45, 2.75) is 37.0 Å². The van der Waals surface area contributed by atoms with Crippen molar-refractivity contribution in [1.29, 1.82) is 0 Å². The van der Waals surface area contributed by atoms with Crippen molar-refractivity contribution in [2.75, 3.05) is 0 Å². The smallest absolute Gasteiger partial charge is 0.380 e. The Morgan fingerprint density at radius 2 is 0.935 bits per heavy atom. The van der Waals surface area contributed by atoms with Crippen molar-refractivity contribution in [3.63, 3.8) is 0 Å². The zero-order valence-corrected chi connectivity index (χ0v) is 25.1. The summed E-state index contributed by atoms with van der Waals surface area (Å²) in [6.07, 6.45) is 4.29. The van der Waals surface area contributed by atoms with E-state index in [-0.39, 0.29) is 31.7 Å². The molecule has 0 unspecified atom stereocenters. The molecule has 0 radical (unpaired) electrons. The van der Waals surface area contributed by atoms with E-state index in [9.17, 15) is 16.8 Å². The van der Waals surface area contributed by atoms with Crippen LogP contribution in [0, 0.1) is 0 Å². The zero-order valence-electron chi connectivity index (χ0n) is 23.5. The first kappa shape index (κ1) is 29.1. The van der Waals surface area contributed by atoms with E-state index in [1.807, 2.05) is 0 Å². The van der Waals surface area contributed by atoms with Crippen LogP contribution in [0.15, 0.2) is 101 Å². The number of para-hydroxylation sites is 2. The molecule has 4 aromatic rings. The lowest BCUT2D eigenvalue weighted by molar-refractivity contribution is -0.254. The van der Waals surface area contributed by atoms with Gasteiger partial charge >= 0.3 is 17.8 Å². The molecule has 0 amide bonds. The molecule has 0 N–H and O–H groups in total. The number of fused-ring (bicyclic) bond motifs is 8. The van der Waals surface area contributed by atoms with Gasteiger partial charge in [0.25, 0.3) is 0 Å². The maximum Gasteiger partial charge on any atom is 0.380 e. The molecule has 0 spiro atoms. The van der Waals surface area contributed by atoms with E-state index < -0.39 is 86.5 Å². The highest BCUT2D eigenvalue weighted by Crippen LogP contribution is 2.71. The third-order valence-corrected chi connectivity index (χ3v) is 13.2. The monoisotopic (exact) mass is 676 g/mol. The predicted octanol–water partition coefficient (Wildman–Crippen LogP) is 8.04.